The number of benzene rings is 2. The van der Waals surface area contributed by atoms with Crippen LogP contribution in [-0.2, 0) is 20.9 Å². The van der Waals surface area contributed by atoms with Gasteiger partial charge in [-0.15, -0.1) is 0 Å². The summed E-state index contributed by atoms with van der Waals surface area (Å²) in [5.41, 5.74) is 1.46. The Labute approximate surface area is 144 Å². The lowest BCUT2D eigenvalue weighted by Crippen LogP contribution is -2.47. The zero-order chi connectivity index (χ0) is 17.9. The predicted octanol–water partition coefficient (Wildman–Crippen LogP) is 3.34. The van der Waals surface area contributed by atoms with Crippen molar-refractivity contribution in [2.24, 2.45) is 0 Å². The number of halogens is 1. The maximum atomic E-state index is 13.6. The van der Waals surface area contributed by atoms with E-state index in [9.17, 15) is 9.18 Å². The third-order valence-corrected chi connectivity index (χ3v) is 4.21. The highest BCUT2D eigenvalue weighted by atomic mass is 19.1. The zero-order valence-corrected chi connectivity index (χ0v) is 13.8. The van der Waals surface area contributed by atoms with Crippen LogP contribution >= 0.6 is 0 Å². The lowest BCUT2D eigenvalue weighted by Gasteiger charge is -2.34. The second-order valence-electron chi connectivity index (χ2n) is 6.02. The molecule has 1 N–H and O–H groups in total. The van der Waals surface area contributed by atoms with Crippen LogP contribution in [-0.4, -0.2) is 30.1 Å². The lowest BCUT2D eigenvalue weighted by molar-refractivity contribution is -0.262. The fourth-order valence-electron chi connectivity index (χ4n) is 2.54. The van der Waals surface area contributed by atoms with Gasteiger partial charge in [-0.2, -0.15) is 0 Å². The molecule has 1 saturated heterocycles. The quantitative estimate of drug-likeness (QED) is 0.900. The van der Waals surface area contributed by atoms with Crippen LogP contribution in [0.15, 0.2) is 48.5 Å². The van der Waals surface area contributed by atoms with Crippen LogP contribution in [0, 0.1) is 5.82 Å². The Morgan fingerprint density at radius 2 is 1.84 bits per heavy atom. The maximum Gasteiger partial charge on any atom is 0.364 e. The zero-order valence-electron chi connectivity index (χ0n) is 13.8. The number of carboxylic acid groups (broad SMARTS) is 1. The molecule has 0 spiro atoms. The van der Waals surface area contributed by atoms with Gasteiger partial charge in [0.05, 0.1) is 13.2 Å². The van der Waals surface area contributed by atoms with Crippen LogP contribution in [0.5, 0.6) is 5.75 Å². The molecule has 25 heavy (non-hydrogen) atoms. The Morgan fingerprint density at radius 3 is 2.44 bits per heavy atom. The first kappa shape index (κ1) is 17.4. The smallest absolute Gasteiger partial charge is 0.364 e. The fraction of sp³-hybridized carbons (Fsp3) is 0.316. The molecule has 0 bridgehead atoms. The van der Waals surface area contributed by atoms with Crippen molar-refractivity contribution in [3.05, 3.63) is 65.5 Å². The summed E-state index contributed by atoms with van der Waals surface area (Å²) in [6.45, 7) is 2.07. The molecule has 132 valence electrons. The van der Waals surface area contributed by atoms with E-state index >= 15 is 0 Å². The summed E-state index contributed by atoms with van der Waals surface area (Å²) < 4.78 is 29.9. The molecule has 5 nitrogen and oxygen atoms in total. The van der Waals surface area contributed by atoms with Crippen molar-refractivity contribution >= 4 is 5.97 Å². The number of hydrogen-bond acceptors (Lipinski definition) is 4. The van der Waals surface area contributed by atoms with Crippen LogP contribution in [0.1, 0.15) is 24.0 Å². The topological polar surface area (TPSA) is 65.0 Å². The Bertz CT molecular complexity index is 736. The van der Waals surface area contributed by atoms with E-state index in [4.69, 9.17) is 19.3 Å². The highest BCUT2D eigenvalue weighted by Gasteiger charge is 2.40. The molecule has 0 amide bonds. The van der Waals surface area contributed by atoms with Crippen molar-refractivity contribution in [3.8, 4) is 5.75 Å². The van der Waals surface area contributed by atoms with Crippen molar-refractivity contribution in [1.82, 2.24) is 0 Å². The number of carboxylic acids is 1. The van der Waals surface area contributed by atoms with Crippen molar-refractivity contribution in [2.45, 2.75) is 25.2 Å². The summed E-state index contributed by atoms with van der Waals surface area (Å²) in [7, 11) is 0. The summed E-state index contributed by atoms with van der Waals surface area (Å²) in [5.74, 6) is -2.44. The molecule has 0 aliphatic carbocycles. The first-order chi connectivity index (χ1) is 12.0. The number of aliphatic carboxylic acids is 1. The highest BCUT2D eigenvalue weighted by molar-refractivity contribution is 5.75. The third-order valence-electron chi connectivity index (χ3n) is 4.21. The minimum atomic E-state index is -1.58. The summed E-state index contributed by atoms with van der Waals surface area (Å²) in [6.07, 6.45) is 0. The summed E-state index contributed by atoms with van der Waals surface area (Å²) in [4.78, 5) is 11.1. The molecule has 1 aliphatic rings. The van der Waals surface area contributed by atoms with E-state index in [-0.39, 0.29) is 31.6 Å². The van der Waals surface area contributed by atoms with Crippen LogP contribution in [0.2, 0.25) is 0 Å². The molecule has 1 fully saturated rings. The van der Waals surface area contributed by atoms with Gasteiger partial charge in [0.2, 0.25) is 0 Å². The molecule has 2 aromatic rings. The molecule has 1 heterocycles. The van der Waals surface area contributed by atoms with E-state index in [1.54, 1.807) is 30.3 Å². The minimum Gasteiger partial charge on any atom is -0.489 e. The monoisotopic (exact) mass is 346 g/mol. The molecular formula is C19H19FO5. The average Bonchev–Trinajstić information content (AvgIpc) is 2.62. The van der Waals surface area contributed by atoms with Gasteiger partial charge in [-0.25, -0.2) is 9.18 Å². The molecule has 6 heteroatoms. The molecule has 0 unspecified atom stereocenters. The highest BCUT2D eigenvalue weighted by Crippen LogP contribution is 2.29. The van der Waals surface area contributed by atoms with Gasteiger partial charge in [0.15, 0.2) is 0 Å². The maximum absolute atomic E-state index is 13.6. The number of rotatable bonds is 5. The van der Waals surface area contributed by atoms with Crippen molar-refractivity contribution in [2.75, 3.05) is 13.2 Å². The molecule has 1 aliphatic heterocycles. The van der Waals surface area contributed by atoms with Gasteiger partial charge in [0, 0.05) is 18.4 Å². The molecule has 0 atom stereocenters. The van der Waals surface area contributed by atoms with E-state index in [1.807, 2.05) is 12.1 Å². The van der Waals surface area contributed by atoms with Crippen molar-refractivity contribution < 1.29 is 28.5 Å². The van der Waals surface area contributed by atoms with Crippen molar-refractivity contribution in [1.29, 1.82) is 0 Å². The Morgan fingerprint density at radius 1 is 1.20 bits per heavy atom. The van der Waals surface area contributed by atoms with E-state index in [0.717, 1.165) is 5.56 Å². The SMILES string of the molecule is C[C@]1(C(=O)O)OC[C@H](c2ccc(OCc3ccccc3F)cc2)CO1. The second kappa shape index (κ2) is 7.21. The van der Waals surface area contributed by atoms with E-state index < -0.39 is 11.8 Å². The first-order valence-corrected chi connectivity index (χ1v) is 7.95. The van der Waals surface area contributed by atoms with Gasteiger partial charge in [0.25, 0.3) is 5.79 Å². The Hall–Kier alpha value is -2.44. The Kier molecular flexibility index (Phi) is 5.01. The molecule has 0 saturated carbocycles. The van der Waals surface area contributed by atoms with Gasteiger partial charge in [-0.3, -0.25) is 0 Å². The number of carbonyl (C=O) groups is 1. The predicted molar refractivity (Wildman–Crippen MR) is 87.9 cm³/mol. The summed E-state index contributed by atoms with van der Waals surface area (Å²) >= 11 is 0. The third kappa shape index (κ3) is 3.97. The molecule has 3 rings (SSSR count). The van der Waals surface area contributed by atoms with Gasteiger partial charge >= 0.3 is 5.97 Å². The number of ether oxygens (including phenoxy) is 3. The molecule has 0 aromatic heterocycles. The van der Waals surface area contributed by atoms with Gasteiger partial charge in [-0.1, -0.05) is 30.3 Å². The fourth-order valence-corrected chi connectivity index (χ4v) is 2.54. The van der Waals surface area contributed by atoms with E-state index in [1.165, 1.54) is 13.0 Å². The van der Waals surface area contributed by atoms with Crippen LogP contribution in [0.4, 0.5) is 4.39 Å². The largest absolute Gasteiger partial charge is 0.489 e. The van der Waals surface area contributed by atoms with Crippen LogP contribution < -0.4 is 4.74 Å². The summed E-state index contributed by atoms with van der Waals surface area (Å²) in [6, 6.07) is 13.8. The first-order valence-electron chi connectivity index (χ1n) is 7.95. The number of hydrogen-bond donors (Lipinski definition) is 1. The average molecular weight is 346 g/mol. The van der Waals surface area contributed by atoms with Crippen molar-refractivity contribution in [3.63, 3.8) is 0 Å². The van der Waals surface area contributed by atoms with Crippen LogP contribution in [0.3, 0.4) is 0 Å². The minimum absolute atomic E-state index is 0.0481. The molecule has 0 radical (unpaired) electrons. The van der Waals surface area contributed by atoms with E-state index in [0.29, 0.717) is 11.3 Å². The lowest BCUT2D eigenvalue weighted by atomic mass is 9.99. The van der Waals surface area contributed by atoms with Crippen LogP contribution in [0.25, 0.3) is 0 Å². The van der Waals surface area contributed by atoms with Gasteiger partial charge in [-0.05, 0) is 23.8 Å². The summed E-state index contributed by atoms with van der Waals surface area (Å²) in [5, 5.41) is 9.07. The standard InChI is InChI=1S/C19H19FO5/c1-19(18(21)22)24-11-15(12-25-19)13-6-8-16(9-7-13)23-10-14-4-2-3-5-17(14)20/h2-9,15H,10-12H2,1H3,(H,21,22)/t15-,19-. The normalized spacial score (nSPS) is 23.2. The molecule has 2 aromatic carbocycles. The Balaban J connectivity index is 1.58. The molecular weight excluding hydrogens is 327 g/mol. The van der Waals surface area contributed by atoms with Gasteiger partial charge < -0.3 is 19.3 Å². The van der Waals surface area contributed by atoms with Gasteiger partial charge in [0.1, 0.15) is 18.2 Å². The van der Waals surface area contributed by atoms with E-state index in [2.05, 4.69) is 0 Å². The second-order valence-corrected chi connectivity index (χ2v) is 6.02.